The number of anilines is 2. The Bertz CT molecular complexity index is 1310. The molecule has 32 heavy (non-hydrogen) atoms. The number of hydrogen-bond acceptors (Lipinski definition) is 5. The molecule has 0 aliphatic rings. The molecule has 2 aromatic heterocycles. The van der Waals surface area contributed by atoms with Crippen LogP contribution in [0.3, 0.4) is 0 Å². The van der Waals surface area contributed by atoms with Crippen molar-refractivity contribution in [3.8, 4) is 11.4 Å². The first-order valence-corrected chi connectivity index (χ1v) is 11.1. The van der Waals surface area contributed by atoms with Crippen LogP contribution in [0.2, 0.25) is 0 Å². The first-order valence-electron chi connectivity index (χ1n) is 11.1. The van der Waals surface area contributed by atoms with Crippen molar-refractivity contribution in [2.75, 3.05) is 29.9 Å². The zero-order chi connectivity index (χ0) is 21.8. The Balaban J connectivity index is 1.39. The zero-order valence-electron chi connectivity index (χ0n) is 18.1. The van der Waals surface area contributed by atoms with Crippen LogP contribution in [0.25, 0.3) is 27.9 Å². The van der Waals surface area contributed by atoms with Crippen molar-refractivity contribution >= 4 is 28.2 Å². The van der Waals surface area contributed by atoms with Crippen LogP contribution in [-0.2, 0) is 0 Å². The lowest BCUT2D eigenvalue weighted by Crippen LogP contribution is -2.25. The van der Waals surface area contributed by atoms with E-state index in [4.69, 9.17) is 15.1 Å². The predicted molar refractivity (Wildman–Crippen MR) is 131 cm³/mol. The molecule has 0 radical (unpaired) electrons. The highest BCUT2D eigenvalue weighted by Crippen LogP contribution is 2.24. The lowest BCUT2D eigenvalue weighted by molar-refractivity contribution is 0.762. The molecule has 2 heterocycles. The summed E-state index contributed by atoms with van der Waals surface area (Å²) >= 11 is 0. The molecule has 5 aromatic rings. The van der Waals surface area contributed by atoms with Crippen LogP contribution in [0.15, 0.2) is 84.9 Å². The first kappa shape index (κ1) is 20.0. The van der Waals surface area contributed by atoms with E-state index >= 15 is 0 Å². The molecule has 0 aliphatic carbocycles. The quantitative estimate of drug-likeness (QED) is 0.345. The molecule has 0 aliphatic heterocycles. The van der Waals surface area contributed by atoms with Crippen LogP contribution in [0.5, 0.6) is 0 Å². The van der Waals surface area contributed by atoms with E-state index in [0.29, 0.717) is 5.82 Å². The fourth-order valence-electron chi connectivity index (χ4n) is 3.96. The number of para-hydroxylation sites is 2. The van der Waals surface area contributed by atoms with Crippen LogP contribution < -0.4 is 10.2 Å². The van der Waals surface area contributed by atoms with E-state index in [-0.39, 0.29) is 0 Å². The van der Waals surface area contributed by atoms with Gasteiger partial charge in [-0.1, -0.05) is 60.7 Å². The Kier molecular flexibility index (Phi) is 5.66. The molecule has 0 amide bonds. The van der Waals surface area contributed by atoms with Crippen molar-refractivity contribution in [1.29, 1.82) is 0 Å². The van der Waals surface area contributed by atoms with E-state index in [0.717, 1.165) is 54.1 Å². The zero-order valence-corrected chi connectivity index (χ0v) is 18.1. The third-order valence-electron chi connectivity index (χ3n) is 5.60. The summed E-state index contributed by atoms with van der Waals surface area (Å²) in [4.78, 5) is 12.1. The van der Waals surface area contributed by atoms with Crippen molar-refractivity contribution in [3.63, 3.8) is 0 Å². The lowest BCUT2D eigenvalue weighted by atomic mass is 10.2. The van der Waals surface area contributed by atoms with Gasteiger partial charge in [0.2, 0.25) is 5.95 Å². The molecule has 0 spiro atoms. The molecule has 3 aromatic carbocycles. The van der Waals surface area contributed by atoms with Gasteiger partial charge in [0, 0.05) is 36.3 Å². The summed E-state index contributed by atoms with van der Waals surface area (Å²) in [6, 6.07) is 28.7. The summed E-state index contributed by atoms with van der Waals surface area (Å²) in [6.07, 6.45) is 0.985. The third-order valence-corrected chi connectivity index (χ3v) is 5.60. The number of aromatic nitrogens is 4. The number of fused-ring (bicyclic) bond motifs is 3. The van der Waals surface area contributed by atoms with Crippen molar-refractivity contribution in [2.24, 2.45) is 0 Å². The second-order valence-electron chi connectivity index (χ2n) is 7.68. The molecule has 0 unspecified atom stereocenters. The standard InChI is InChI=1S/C26H26N6/c1-2-31(21-14-7-4-8-15-21)19-11-18-27-26-28-23-17-10-9-16-22(23)25-29-24(30-32(25)26)20-12-5-3-6-13-20/h3-10,12-17H,2,11,18-19H2,1H3,(H,27,28). The molecule has 0 bridgehead atoms. The fourth-order valence-corrected chi connectivity index (χ4v) is 3.96. The number of benzene rings is 3. The number of nitrogens with zero attached hydrogens (tertiary/aromatic N) is 5. The molecule has 0 atom stereocenters. The fraction of sp³-hybridized carbons (Fsp3) is 0.192. The highest BCUT2D eigenvalue weighted by atomic mass is 15.4. The average Bonchev–Trinajstić information content (AvgIpc) is 3.31. The van der Waals surface area contributed by atoms with E-state index < -0.39 is 0 Å². The molecule has 0 fully saturated rings. The number of hydrogen-bond donors (Lipinski definition) is 1. The SMILES string of the molecule is CCN(CCCNc1nc2ccccc2c2nc(-c3ccccc3)nn12)c1ccccc1. The van der Waals surface area contributed by atoms with E-state index in [1.54, 1.807) is 0 Å². The molecule has 6 nitrogen and oxygen atoms in total. The summed E-state index contributed by atoms with van der Waals surface area (Å²) in [5.74, 6) is 1.42. The van der Waals surface area contributed by atoms with Crippen molar-refractivity contribution in [3.05, 3.63) is 84.9 Å². The number of rotatable bonds is 8. The second kappa shape index (κ2) is 9.06. The van der Waals surface area contributed by atoms with Gasteiger partial charge in [0.1, 0.15) is 0 Å². The van der Waals surface area contributed by atoms with Gasteiger partial charge in [0.05, 0.1) is 5.52 Å². The molecule has 160 valence electrons. The van der Waals surface area contributed by atoms with Gasteiger partial charge in [0.25, 0.3) is 0 Å². The van der Waals surface area contributed by atoms with Crippen molar-refractivity contribution < 1.29 is 0 Å². The van der Waals surface area contributed by atoms with Crippen molar-refractivity contribution in [2.45, 2.75) is 13.3 Å². The topological polar surface area (TPSA) is 58.3 Å². The monoisotopic (exact) mass is 422 g/mol. The average molecular weight is 423 g/mol. The smallest absolute Gasteiger partial charge is 0.226 e. The molecule has 6 heteroatoms. The normalized spacial score (nSPS) is 11.2. The van der Waals surface area contributed by atoms with Gasteiger partial charge in [-0.25, -0.2) is 9.97 Å². The maximum Gasteiger partial charge on any atom is 0.226 e. The van der Waals surface area contributed by atoms with Crippen LogP contribution in [0, 0.1) is 0 Å². The minimum absolute atomic E-state index is 0.702. The van der Waals surface area contributed by atoms with Gasteiger partial charge in [-0.3, -0.25) is 0 Å². The Morgan fingerprint density at radius 3 is 2.34 bits per heavy atom. The Labute approximate surface area is 187 Å². The summed E-state index contributed by atoms with van der Waals surface area (Å²) < 4.78 is 1.83. The summed E-state index contributed by atoms with van der Waals surface area (Å²) in [7, 11) is 0. The Morgan fingerprint density at radius 1 is 0.844 bits per heavy atom. The van der Waals surface area contributed by atoms with E-state index in [1.807, 2.05) is 59.1 Å². The van der Waals surface area contributed by atoms with Gasteiger partial charge >= 0.3 is 0 Å². The van der Waals surface area contributed by atoms with E-state index in [2.05, 4.69) is 47.5 Å². The van der Waals surface area contributed by atoms with Gasteiger partial charge in [-0.05, 0) is 37.6 Å². The van der Waals surface area contributed by atoms with E-state index in [9.17, 15) is 0 Å². The summed E-state index contributed by atoms with van der Waals surface area (Å²) in [5, 5.41) is 9.27. The summed E-state index contributed by atoms with van der Waals surface area (Å²) in [5.41, 5.74) is 3.98. The van der Waals surface area contributed by atoms with Crippen LogP contribution in [0.1, 0.15) is 13.3 Å². The number of nitrogens with one attached hydrogen (secondary N) is 1. The van der Waals surface area contributed by atoms with Crippen molar-refractivity contribution in [1.82, 2.24) is 19.6 Å². The maximum absolute atomic E-state index is 4.84. The molecule has 0 saturated heterocycles. The molecule has 1 N–H and O–H groups in total. The second-order valence-corrected chi connectivity index (χ2v) is 7.68. The largest absolute Gasteiger partial charge is 0.372 e. The minimum Gasteiger partial charge on any atom is -0.372 e. The van der Waals surface area contributed by atoms with Crippen LogP contribution >= 0.6 is 0 Å². The summed E-state index contributed by atoms with van der Waals surface area (Å²) in [6.45, 7) is 4.93. The van der Waals surface area contributed by atoms with Crippen LogP contribution in [-0.4, -0.2) is 39.2 Å². The van der Waals surface area contributed by atoms with Gasteiger partial charge in [-0.15, -0.1) is 5.10 Å². The molecular formula is C26H26N6. The van der Waals surface area contributed by atoms with Gasteiger partial charge in [-0.2, -0.15) is 4.52 Å². The van der Waals surface area contributed by atoms with Crippen LogP contribution in [0.4, 0.5) is 11.6 Å². The Morgan fingerprint density at radius 2 is 1.56 bits per heavy atom. The predicted octanol–water partition coefficient (Wildman–Crippen LogP) is 5.27. The molecule has 5 rings (SSSR count). The van der Waals surface area contributed by atoms with Gasteiger partial charge in [0.15, 0.2) is 11.5 Å². The third kappa shape index (κ3) is 3.99. The minimum atomic E-state index is 0.702. The highest BCUT2D eigenvalue weighted by molar-refractivity contribution is 5.92. The first-order chi connectivity index (χ1) is 15.8. The highest BCUT2D eigenvalue weighted by Gasteiger charge is 2.14. The Hall–Kier alpha value is -3.93. The lowest BCUT2D eigenvalue weighted by Gasteiger charge is -2.23. The molecule has 0 saturated carbocycles. The van der Waals surface area contributed by atoms with E-state index in [1.165, 1.54) is 5.69 Å². The van der Waals surface area contributed by atoms with Gasteiger partial charge < -0.3 is 10.2 Å². The molecular weight excluding hydrogens is 396 g/mol. The maximum atomic E-state index is 4.84.